The number of carbonyl (C=O) groups is 1. The number of amides is 1. The first-order chi connectivity index (χ1) is 9.15. The lowest BCUT2D eigenvalue weighted by molar-refractivity contribution is -0.265. The number of alkyl halides is 1. The molecular formula is C15H30IN2O2+. The average molecular weight is 397 g/mol. The Morgan fingerprint density at radius 1 is 1.20 bits per heavy atom. The fraction of sp³-hybridized carbons (Fsp3) is 0.933. The summed E-state index contributed by atoms with van der Waals surface area (Å²) in [5.41, 5.74) is -1.11. The van der Waals surface area contributed by atoms with Crippen LogP contribution in [0.2, 0.25) is 0 Å². The van der Waals surface area contributed by atoms with Crippen molar-refractivity contribution in [3.8, 4) is 0 Å². The van der Waals surface area contributed by atoms with Crippen molar-refractivity contribution < 1.29 is 10.0 Å². The Balaban J connectivity index is 3.41. The van der Waals surface area contributed by atoms with E-state index in [0.717, 1.165) is 12.8 Å². The van der Waals surface area contributed by atoms with Crippen molar-refractivity contribution in [2.75, 3.05) is 11.0 Å². The van der Waals surface area contributed by atoms with E-state index in [1.54, 1.807) is 5.06 Å². The number of hydroxylamine groups is 2. The third-order valence-corrected chi connectivity index (χ3v) is 6.19. The summed E-state index contributed by atoms with van der Waals surface area (Å²) in [6.45, 7) is 13.2. The third kappa shape index (κ3) is 2.61. The number of nitrogens with zero attached hydrogens (tertiary/aromatic N) is 2. The van der Waals surface area contributed by atoms with Gasteiger partial charge in [0.25, 0.3) is 5.91 Å². The van der Waals surface area contributed by atoms with E-state index in [9.17, 15) is 4.79 Å². The Morgan fingerprint density at radius 2 is 1.70 bits per heavy atom. The molecule has 0 aromatic carbocycles. The first-order valence-corrected chi connectivity index (χ1v) is 9.07. The number of halogens is 1. The zero-order chi connectivity index (χ0) is 15.8. The Hall–Kier alpha value is 0.120. The molecule has 1 fully saturated rings. The minimum Gasteiger partial charge on any atom is -0.337 e. The molecule has 1 amide bonds. The molecule has 1 saturated heterocycles. The predicted octanol–water partition coefficient (Wildman–Crippen LogP) is 2.71. The third-order valence-electron chi connectivity index (χ3n) is 4.93. The van der Waals surface area contributed by atoms with Crippen molar-refractivity contribution in [3.63, 3.8) is 0 Å². The van der Waals surface area contributed by atoms with Crippen molar-refractivity contribution >= 4 is 28.5 Å². The van der Waals surface area contributed by atoms with Gasteiger partial charge in [0.15, 0.2) is 5.54 Å². The van der Waals surface area contributed by atoms with Crippen LogP contribution in [-0.2, 0) is 4.79 Å². The second kappa shape index (κ2) is 6.08. The molecule has 0 spiro atoms. The SMILES string of the molecule is CCC1(CC)CN(C(C)(C)C)C(=O)C(CC)(CI)N1[OH2+]. The van der Waals surface area contributed by atoms with E-state index in [4.69, 9.17) is 5.21 Å². The molecule has 1 aliphatic rings. The zero-order valence-corrected chi connectivity index (χ0v) is 15.9. The summed E-state index contributed by atoms with van der Waals surface area (Å²) in [4.78, 5) is 15.1. The van der Waals surface area contributed by atoms with E-state index >= 15 is 0 Å². The van der Waals surface area contributed by atoms with Gasteiger partial charge in [-0.2, -0.15) is 0 Å². The number of hydrogen-bond acceptors (Lipinski definition) is 2. The first-order valence-electron chi connectivity index (χ1n) is 7.54. The maximum Gasteiger partial charge on any atom is 0.251 e. The molecule has 1 aliphatic heterocycles. The van der Waals surface area contributed by atoms with Crippen LogP contribution < -0.4 is 0 Å². The fourth-order valence-electron chi connectivity index (χ4n) is 3.09. The summed E-state index contributed by atoms with van der Waals surface area (Å²) in [7, 11) is 0. The summed E-state index contributed by atoms with van der Waals surface area (Å²) in [6, 6.07) is 0. The van der Waals surface area contributed by atoms with Crippen LogP contribution in [0.15, 0.2) is 0 Å². The smallest absolute Gasteiger partial charge is 0.251 e. The molecule has 5 heteroatoms. The normalized spacial score (nSPS) is 28.0. The molecule has 118 valence electrons. The van der Waals surface area contributed by atoms with Crippen LogP contribution in [-0.4, -0.2) is 48.7 Å². The molecule has 1 heterocycles. The maximum atomic E-state index is 13.0. The number of hydrogen-bond donors (Lipinski definition) is 0. The highest BCUT2D eigenvalue weighted by Gasteiger charge is 2.61. The summed E-state index contributed by atoms with van der Waals surface area (Å²) < 4.78 is 0.665. The minimum absolute atomic E-state index is 0.120. The molecule has 0 bridgehead atoms. The van der Waals surface area contributed by atoms with Crippen molar-refractivity contribution in [2.24, 2.45) is 0 Å². The predicted molar refractivity (Wildman–Crippen MR) is 92.1 cm³/mol. The van der Waals surface area contributed by atoms with Crippen LogP contribution in [0.1, 0.15) is 60.8 Å². The van der Waals surface area contributed by atoms with Gasteiger partial charge < -0.3 is 10.1 Å². The zero-order valence-electron chi connectivity index (χ0n) is 13.7. The van der Waals surface area contributed by atoms with Crippen LogP contribution in [0, 0.1) is 0 Å². The van der Waals surface area contributed by atoms with Crippen LogP contribution in [0.25, 0.3) is 0 Å². The van der Waals surface area contributed by atoms with Gasteiger partial charge in [-0.25, -0.2) is 0 Å². The van der Waals surface area contributed by atoms with Crippen LogP contribution in [0.5, 0.6) is 0 Å². The Morgan fingerprint density at radius 3 is 2.00 bits per heavy atom. The molecular weight excluding hydrogens is 367 g/mol. The highest BCUT2D eigenvalue weighted by atomic mass is 127. The topological polar surface area (TPSA) is 46.5 Å². The van der Waals surface area contributed by atoms with E-state index in [-0.39, 0.29) is 17.0 Å². The summed E-state index contributed by atoms with van der Waals surface area (Å²) in [5, 5.41) is 10.3. The monoisotopic (exact) mass is 397 g/mol. The van der Waals surface area contributed by atoms with Gasteiger partial charge in [0.2, 0.25) is 0 Å². The first kappa shape index (κ1) is 18.2. The molecule has 0 radical (unpaired) electrons. The molecule has 0 saturated carbocycles. The Labute approximate surface area is 137 Å². The molecule has 1 rings (SSSR count). The molecule has 0 aromatic heterocycles. The molecule has 1 atom stereocenters. The number of carbonyl (C=O) groups excluding carboxylic acids is 1. The van der Waals surface area contributed by atoms with Gasteiger partial charge in [0.1, 0.15) is 5.54 Å². The van der Waals surface area contributed by atoms with Crippen LogP contribution in [0.4, 0.5) is 0 Å². The van der Waals surface area contributed by atoms with Crippen molar-refractivity contribution in [2.45, 2.75) is 77.4 Å². The van der Waals surface area contributed by atoms with E-state index in [1.807, 2.05) is 11.8 Å². The van der Waals surface area contributed by atoms with Gasteiger partial charge >= 0.3 is 0 Å². The summed E-state index contributed by atoms with van der Waals surface area (Å²) >= 11 is 2.27. The molecule has 2 N–H and O–H groups in total. The fourth-order valence-corrected chi connectivity index (χ4v) is 4.30. The number of rotatable bonds is 4. The standard InChI is InChI=1S/C15H29IN2O2/c1-7-14(8-2)11-17(13(4,5)6)12(19)15(9-3,10-16)18(14)20/h20H,7-11H2,1-6H3/p+1. The highest BCUT2D eigenvalue weighted by Crippen LogP contribution is 2.41. The van der Waals surface area contributed by atoms with Gasteiger partial charge in [0, 0.05) is 16.5 Å². The number of piperazine rings is 1. The van der Waals surface area contributed by atoms with Crippen molar-refractivity contribution in [1.29, 1.82) is 0 Å². The van der Waals surface area contributed by atoms with E-state index < -0.39 is 5.54 Å². The second-order valence-electron chi connectivity index (χ2n) is 6.85. The molecule has 20 heavy (non-hydrogen) atoms. The largest absolute Gasteiger partial charge is 0.337 e. The Bertz CT molecular complexity index is 357. The molecule has 0 aliphatic carbocycles. The van der Waals surface area contributed by atoms with Gasteiger partial charge in [-0.05, 0) is 40.0 Å². The summed E-state index contributed by atoms with van der Waals surface area (Å²) in [5.74, 6) is 0.120. The van der Waals surface area contributed by atoms with Crippen molar-refractivity contribution in [1.82, 2.24) is 9.96 Å². The molecule has 1 unspecified atom stereocenters. The van der Waals surface area contributed by atoms with Crippen molar-refractivity contribution in [3.05, 3.63) is 0 Å². The van der Waals surface area contributed by atoms with Gasteiger partial charge in [-0.1, -0.05) is 48.4 Å². The average Bonchev–Trinajstić information content (AvgIpc) is 2.40. The van der Waals surface area contributed by atoms with E-state index in [2.05, 4.69) is 57.2 Å². The second-order valence-corrected chi connectivity index (χ2v) is 7.61. The maximum absolute atomic E-state index is 13.0. The quantitative estimate of drug-likeness (QED) is 0.416. The van der Waals surface area contributed by atoms with Gasteiger partial charge in [-0.15, -0.1) is 0 Å². The van der Waals surface area contributed by atoms with Gasteiger partial charge in [0.05, 0.1) is 0 Å². The minimum atomic E-state index is -0.682. The van der Waals surface area contributed by atoms with Crippen LogP contribution in [0.3, 0.4) is 0 Å². The lowest BCUT2D eigenvalue weighted by atomic mass is 9.79. The lowest BCUT2D eigenvalue weighted by Crippen LogP contribution is -2.76. The highest BCUT2D eigenvalue weighted by molar-refractivity contribution is 14.1. The van der Waals surface area contributed by atoms with E-state index in [1.165, 1.54) is 0 Å². The van der Waals surface area contributed by atoms with Crippen LogP contribution >= 0.6 is 22.6 Å². The molecule has 4 nitrogen and oxygen atoms in total. The Kier molecular flexibility index (Phi) is 5.53. The van der Waals surface area contributed by atoms with E-state index in [0.29, 0.717) is 17.4 Å². The summed E-state index contributed by atoms with van der Waals surface area (Å²) in [6.07, 6.45) is 2.48. The van der Waals surface area contributed by atoms with Gasteiger partial charge in [-0.3, -0.25) is 4.79 Å². The lowest BCUT2D eigenvalue weighted by Gasteiger charge is -2.55. The molecule has 0 aromatic rings.